The number of rotatable bonds is 8. The molecule has 0 bridgehead atoms. The molecule has 5 nitrogen and oxygen atoms in total. The van der Waals surface area contributed by atoms with E-state index in [1.165, 1.54) is 0 Å². The Morgan fingerprint density at radius 3 is 2.75 bits per heavy atom. The molecule has 32 heavy (non-hydrogen) atoms. The van der Waals surface area contributed by atoms with Crippen molar-refractivity contribution in [2.75, 3.05) is 22.5 Å². The fourth-order valence-corrected chi connectivity index (χ4v) is 3.80. The van der Waals surface area contributed by atoms with Crippen LogP contribution in [0.5, 0.6) is 0 Å². The lowest BCUT2D eigenvalue weighted by Crippen LogP contribution is -2.17. The summed E-state index contributed by atoms with van der Waals surface area (Å²) in [6, 6.07) is 16.7. The van der Waals surface area contributed by atoms with Gasteiger partial charge >= 0.3 is 0 Å². The largest absolute Gasteiger partial charge is 0.385 e. The van der Waals surface area contributed by atoms with E-state index in [1.54, 1.807) is 18.3 Å². The maximum Gasteiger partial charge on any atom is 0.255 e. The zero-order valence-corrected chi connectivity index (χ0v) is 17.9. The Kier molecular flexibility index (Phi) is 6.80. The van der Waals surface area contributed by atoms with Crippen molar-refractivity contribution < 1.29 is 9.18 Å². The van der Waals surface area contributed by atoms with Crippen LogP contribution in [0.3, 0.4) is 0 Å². The van der Waals surface area contributed by atoms with E-state index in [4.69, 9.17) is 0 Å². The Labute approximate surface area is 187 Å². The van der Waals surface area contributed by atoms with Gasteiger partial charge in [-0.3, -0.25) is 9.78 Å². The maximum absolute atomic E-state index is 13.9. The number of alkyl halides is 1. The number of carbonyl (C=O) groups excluding carboxylic acids is 1. The highest BCUT2D eigenvalue weighted by Crippen LogP contribution is 2.30. The summed E-state index contributed by atoms with van der Waals surface area (Å²) >= 11 is 0. The van der Waals surface area contributed by atoms with Crippen LogP contribution < -0.4 is 16.0 Å². The first kappa shape index (κ1) is 21.6. The SMILES string of the molecule is C=CCCNc1cccc(NC(=O)c2ccc(Nc3ccnc4c3CC(F)CC4)cc2)c1. The highest BCUT2D eigenvalue weighted by molar-refractivity contribution is 6.04. The van der Waals surface area contributed by atoms with Crippen molar-refractivity contribution in [3.63, 3.8) is 0 Å². The summed E-state index contributed by atoms with van der Waals surface area (Å²) in [4.78, 5) is 17.1. The average Bonchev–Trinajstić information content (AvgIpc) is 2.80. The van der Waals surface area contributed by atoms with E-state index in [1.807, 2.05) is 48.5 Å². The number of nitrogens with one attached hydrogen (secondary N) is 3. The molecule has 0 radical (unpaired) electrons. The molecular formula is C26H27FN4O. The number of aryl methyl sites for hydroxylation is 1. The second-order valence-electron chi connectivity index (χ2n) is 7.87. The van der Waals surface area contributed by atoms with Crippen LogP contribution >= 0.6 is 0 Å². The van der Waals surface area contributed by atoms with E-state index in [-0.39, 0.29) is 5.91 Å². The smallest absolute Gasteiger partial charge is 0.255 e. The van der Waals surface area contributed by atoms with Crippen LogP contribution in [-0.2, 0) is 12.8 Å². The predicted octanol–water partition coefficient (Wildman–Crippen LogP) is 5.89. The van der Waals surface area contributed by atoms with Gasteiger partial charge in [0.2, 0.25) is 0 Å². The van der Waals surface area contributed by atoms with Crippen LogP contribution in [0.25, 0.3) is 0 Å². The third-order valence-electron chi connectivity index (χ3n) is 5.49. The Morgan fingerprint density at radius 2 is 1.94 bits per heavy atom. The van der Waals surface area contributed by atoms with Crippen molar-refractivity contribution in [1.82, 2.24) is 4.98 Å². The molecule has 164 valence electrons. The molecule has 0 spiro atoms. The van der Waals surface area contributed by atoms with E-state index in [0.717, 1.165) is 47.0 Å². The van der Waals surface area contributed by atoms with E-state index in [0.29, 0.717) is 24.8 Å². The number of pyridine rings is 1. The monoisotopic (exact) mass is 430 g/mol. The predicted molar refractivity (Wildman–Crippen MR) is 129 cm³/mol. The zero-order valence-electron chi connectivity index (χ0n) is 17.9. The molecule has 0 saturated carbocycles. The molecule has 1 heterocycles. The summed E-state index contributed by atoms with van der Waals surface area (Å²) in [5.74, 6) is -0.179. The zero-order chi connectivity index (χ0) is 22.3. The number of carbonyl (C=O) groups is 1. The second kappa shape index (κ2) is 10.1. The molecule has 0 aliphatic heterocycles. The van der Waals surface area contributed by atoms with Crippen LogP contribution in [0.15, 0.2) is 73.4 Å². The van der Waals surface area contributed by atoms with Gasteiger partial charge in [0, 0.05) is 53.2 Å². The quantitative estimate of drug-likeness (QED) is 0.308. The van der Waals surface area contributed by atoms with Gasteiger partial charge in [0.1, 0.15) is 6.17 Å². The summed E-state index contributed by atoms with van der Waals surface area (Å²) < 4.78 is 13.9. The minimum atomic E-state index is -0.825. The van der Waals surface area contributed by atoms with E-state index in [2.05, 4.69) is 27.5 Å². The van der Waals surface area contributed by atoms with Crippen molar-refractivity contribution in [2.24, 2.45) is 0 Å². The molecule has 0 fully saturated rings. The van der Waals surface area contributed by atoms with Gasteiger partial charge in [-0.2, -0.15) is 0 Å². The molecule has 6 heteroatoms. The lowest BCUT2D eigenvalue weighted by atomic mass is 9.93. The van der Waals surface area contributed by atoms with Crippen LogP contribution in [0.4, 0.5) is 27.1 Å². The molecule has 1 aliphatic rings. The van der Waals surface area contributed by atoms with Gasteiger partial charge < -0.3 is 16.0 Å². The first-order valence-electron chi connectivity index (χ1n) is 10.9. The van der Waals surface area contributed by atoms with Gasteiger partial charge in [-0.1, -0.05) is 12.1 Å². The summed E-state index contributed by atoms with van der Waals surface area (Å²) in [6.07, 6.45) is 5.23. The number of anilines is 4. The first-order chi connectivity index (χ1) is 15.6. The molecule has 0 saturated heterocycles. The van der Waals surface area contributed by atoms with Gasteiger partial charge in [-0.15, -0.1) is 6.58 Å². The topological polar surface area (TPSA) is 66.0 Å². The van der Waals surface area contributed by atoms with Crippen molar-refractivity contribution in [1.29, 1.82) is 0 Å². The Bertz CT molecular complexity index is 1100. The van der Waals surface area contributed by atoms with E-state index >= 15 is 0 Å². The Hall–Kier alpha value is -3.67. The molecule has 4 rings (SSSR count). The fourth-order valence-electron chi connectivity index (χ4n) is 3.80. The average molecular weight is 431 g/mol. The molecule has 1 atom stereocenters. The lowest BCUT2D eigenvalue weighted by Gasteiger charge is -2.21. The van der Waals surface area contributed by atoms with Crippen LogP contribution in [-0.4, -0.2) is 23.6 Å². The minimum Gasteiger partial charge on any atom is -0.385 e. The molecule has 2 aromatic carbocycles. The van der Waals surface area contributed by atoms with Gasteiger partial charge in [-0.25, -0.2) is 4.39 Å². The minimum absolute atomic E-state index is 0.179. The van der Waals surface area contributed by atoms with Crippen molar-refractivity contribution in [2.45, 2.75) is 31.9 Å². The van der Waals surface area contributed by atoms with Crippen LogP contribution in [0.2, 0.25) is 0 Å². The van der Waals surface area contributed by atoms with Gasteiger partial charge in [0.25, 0.3) is 5.91 Å². The number of aromatic nitrogens is 1. The van der Waals surface area contributed by atoms with Crippen molar-refractivity contribution >= 4 is 28.7 Å². The molecule has 3 N–H and O–H groups in total. The molecular weight excluding hydrogens is 403 g/mol. The van der Waals surface area contributed by atoms with E-state index in [9.17, 15) is 9.18 Å². The normalized spacial score (nSPS) is 14.8. The standard InChI is InChI=1S/C26H27FN4O/c1-2-3-14-28-21-5-4-6-22(17-21)31-26(32)18-7-10-20(11-8-18)30-25-13-15-29-24-12-9-19(27)16-23(24)25/h2,4-8,10-11,13,15,17,19,28H,1,3,9,12,14,16H2,(H,29,30)(H,31,32). The number of benzene rings is 2. The Balaban J connectivity index is 1.41. The van der Waals surface area contributed by atoms with Gasteiger partial charge in [-0.05, 0) is 73.4 Å². The van der Waals surface area contributed by atoms with E-state index < -0.39 is 6.17 Å². The molecule has 1 aromatic heterocycles. The third kappa shape index (κ3) is 5.32. The third-order valence-corrected chi connectivity index (χ3v) is 5.49. The summed E-state index contributed by atoms with van der Waals surface area (Å²) in [7, 11) is 0. The Morgan fingerprint density at radius 1 is 1.12 bits per heavy atom. The summed E-state index contributed by atoms with van der Waals surface area (Å²) in [5.41, 5.74) is 5.84. The van der Waals surface area contributed by atoms with Gasteiger partial charge in [0.05, 0.1) is 0 Å². The second-order valence-corrected chi connectivity index (χ2v) is 7.87. The fraction of sp³-hybridized carbons (Fsp3) is 0.231. The van der Waals surface area contributed by atoms with Crippen molar-refractivity contribution in [3.8, 4) is 0 Å². The van der Waals surface area contributed by atoms with Crippen LogP contribution in [0, 0.1) is 0 Å². The summed E-state index contributed by atoms with van der Waals surface area (Å²) in [6.45, 7) is 4.51. The lowest BCUT2D eigenvalue weighted by molar-refractivity contribution is 0.102. The number of amides is 1. The molecule has 1 amide bonds. The highest BCUT2D eigenvalue weighted by Gasteiger charge is 2.21. The molecule has 3 aromatic rings. The van der Waals surface area contributed by atoms with Crippen LogP contribution in [0.1, 0.15) is 34.5 Å². The maximum atomic E-state index is 13.9. The molecule has 1 unspecified atom stereocenters. The first-order valence-corrected chi connectivity index (χ1v) is 10.9. The number of hydrogen-bond acceptors (Lipinski definition) is 4. The summed E-state index contributed by atoms with van der Waals surface area (Å²) in [5, 5.41) is 9.58. The number of halogens is 1. The number of hydrogen-bond donors (Lipinski definition) is 3. The van der Waals surface area contributed by atoms with Gasteiger partial charge in [0.15, 0.2) is 0 Å². The number of fused-ring (bicyclic) bond motifs is 1. The highest BCUT2D eigenvalue weighted by atomic mass is 19.1. The number of nitrogens with zero attached hydrogens (tertiary/aromatic N) is 1. The molecule has 1 aliphatic carbocycles. The van der Waals surface area contributed by atoms with Crippen molar-refractivity contribution in [3.05, 3.63) is 90.3 Å².